The minimum atomic E-state index is -4.09. The third-order valence-electron chi connectivity index (χ3n) is 3.81. The van der Waals surface area contributed by atoms with Crippen LogP contribution in [0.4, 0.5) is 0 Å². The molecule has 0 saturated heterocycles. The summed E-state index contributed by atoms with van der Waals surface area (Å²) in [6.45, 7) is -1.000. The fourth-order valence-corrected chi connectivity index (χ4v) is 3.55. The van der Waals surface area contributed by atoms with Crippen LogP contribution >= 0.6 is 15.2 Å². The van der Waals surface area contributed by atoms with Gasteiger partial charge in [-0.2, -0.15) is 0 Å². The summed E-state index contributed by atoms with van der Waals surface area (Å²) in [6, 6.07) is 0. The summed E-state index contributed by atoms with van der Waals surface area (Å²) >= 11 is 0. The monoisotopic (exact) mass is 393 g/mol. The van der Waals surface area contributed by atoms with Gasteiger partial charge in [-0.05, 0) is 38.8 Å². The maximum Gasteiger partial charge on any atom is 0.325 e. The Morgan fingerprint density at radius 1 is 0.667 bits per heavy atom. The van der Waals surface area contributed by atoms with E-state index in [4.69, 9.17) is 19.6 Å². The Kier molecular flexibility index (Phi) is 11.0. The van der Waals surface area contributed by atoms with Crippen LogP contribution in [-0.4, -0.2) is 90.6 Å². The van der Waals surface area contributed by atoms with Crippen LogP contribution < -0.4 is 0 Å². The smallest absolute Gasteiger partial charge is 0.325 e. The van der Waals surface area contributed by atoms with Gasteiger partial charge in [0, 0.05) is 12.3 Å². The van der Waals surface area contributed by atoms with Crippen molar-refractivity contribution in [3.63, 3.8) is 0 Å². The molecular formula is C12H29NO9P2. The molecule has 0 fully saturated rings. The van der Waals surface area contributed by atoms with E-state index in [1.165, 1.54) is 0 Å². The number of aliphatic hydroxyl groups is 3. The molecule has 0 aliphatic carbocycles. The van der Waals surface area contributed by atoms with Crippen molar-refractivity contribution in [3.05, 3.63) is 0 Å². The molecule has 0 aromatic rings. The molecule has 0 radical (unpaired) electrons. The summed E-state index contributed by atoms with van der Waals surface area (Å²) in [7, 11) is -8.17. The lowest BCUT2D eigenvalue weighted by Gasteiger charge is -2.40. The SMILES string of the molecule is O=P(O)(O)CCCCN(CCCCP(=O)(O)O)C(CO)(CO)CO. The normalized spacial score (nSPS) is 13.7. The molecule has 0 aromatic heterocycles. The van der Waals surface area contributed by atoms with Gasteiger partial charge in [-0.15, -0.1) is 0 Å². The van der Waals surface area contributed by atoms with Crippen molar-refractivity contribution in [1.82, 2.24) is 4.90 Å². The molecule has 0 aliphatic heterocycles. The summed E-state index contributed by atoms with van der Waals surface area (Å²) in [4.78, 5) is 36.9. The van der Waals surface area contributed by atoms with Gasteiger partial charge < -0.3 is 34.9 Å². The van der Waals surface area contributed by atoms with E-state index in [9.17, 15) is 24.4 Å². The second-order valence-corrected chi connectivity index (χ2v) is 9.43. The summed E-state index contributed by atoms with van der Waals surface area (Å²) in [5.74, 6) is 0. The number of aliphatic hydroxyl groups excluding tert-OH is 3. The molecule has 0 spiro atoms. The van der Waals surface area contributed by atoms with Crippen LogP contribution in [0.2, 0.25) is 0 Å². The maximum atomic E-state index is 10.8. The first-order valence-electron chi connectivity index (χ1n) is 7.66. The summed E-state index contributed by atoms with van der Waals surface area (Å²) in [5, 5.41) is 28.5. The van der Waals surface area contributed by atoms with E-state index in [0.29, 0.717) is 12.8 Å². The Bertz CT molecular complexity index is 394. The molecule has 0 saturated carbocycles. The standard InChI is InChI=1S/C12H29NO9P2/c14-9-12(10-15,11-16)13(5-1-3-7-23(17,18)19)6-2-4-8-24(20,21)22/h14-16H,1-11H2,(H2,17,18,19)(H2,20,21,22). The van der Waals surface area contributed by atoms with E-state index in [0.717, 1.165) is 0 Å². The average Bonchev–Trinajstić information content (AvgIpc) is 2.47. The van der Waals surface area contributed by atoms with E-state index < -0.39 is 40.6 Å². The van der Waals surface area contributed by atoms with Gasteiger partial charge in [-0.1, -0.05) is 0 Å². The van der Waals surface area contributed by atoms with Crippen molar-refractivity contribution in [2.75, 3.05) is 45.2 Å². The summed E-state index contributed by atoms with van der Waals surface area (Å²) in [5.41, 5.74) is -1.29. The second kappa shape index (κ2) is 11.0. The van der Waals surface area contributed by atoms with Crippen molar-refractivity contribution in [1.29, 1.82) is 0 Å². The topological polar surface area (TPSA) is 179 Å². The molecule has 0 unspecified atom stereocenters. The van der Waals surface area contributed by atoms with Crippen molar-refractivity contribution in [3.8, 4) is 0 Å². The van der Waals surface area contributed by atoms with Crippen LogP contribution in [0, 0.1) is 0 Å². The fraction of sp³-hybridized carbons (Fsp3) is 1.00. The highest BCUT2D eigenvalue weighted by atomic mass is 31.2. The minimum Gasteiger partial charge on any atom is -0.394 e. The average molecular weight is 393 g/mol. The van der Waals surface area contributed by atoms with Gasteiger partial charge >= 0.3 is 15.2 Å². The van der Waals surface area contributed by atoms with Gasteiger partial charge in [0.05, 0.1) is 25.4 Å². The maximum absolute atomic E-state index is 10.8. The van der Waals surface area contributed by atoms with Crippen LogP contribution in [0.25, 0.3) is 0 Å². The zero-order valence-corrected chi connectivity index (χ0v) is 15.4. The predicted octanol–water partition coefficient (Wildman–Crippen LogP) is -1.08. The lowest BCUT2D eigenvalue weighted by molar-refractivity contribution is -0.0488. The molecule has 0 bridgehead atoms. The fourth-order valence-electron chi connectivity index (χ4n) is 2.28. The zero-order chi connectivity index (χ0) is 18.9. The van der Waals surface area contributed by atoms with Crippen LogP contribution in [0.3, 0.4) is 0 Å². The second-order valence-electron chi connectivity index (χ2n) is 5.88. The highest BCUT2D eigenvalue weighted by Crippen LogP contribution is 2.36. The molecule has 7 N–H and O–H groups in total. The molecule has 0 amide bonds. The Morgan fingerprint density at radius 2 is 1.00 bits per heavy atom. The number of nitrogens with zero attached hydrogens (tertiary/aromatic N) is 1. The Balaban J connectivity index is 4.65. The molecule has 10 nitrogen and oxygen atoms in total. The number of hydrogen-bond acceptors (Lipinski definition) is 6. The highest BCUT2D eigenvalue weighted by molar-refractivity contribution is 7.52. The lowest BCUT2D eigenvalue weighted by atomic mass is 9.99. The first kappa shape index (κ1) is 24.1. The van der Waals surface area contributed by atoms with Gasteiger partial charge in [0.2, 0.25) is 0 Å². The summed E-state index contributed by atoms with van der Waals surface area (Å²) < 4.78 is 21.7. The van der Waals surface area contributed by atoms with E-state index in [1.54, 1.807) is 4.90 Å². The largest absolute Gasteiger partial charge is 0.394 e. The minimum absolute atomic E-state index is 0.238. The van der Waals surface area contributed by atoms with E-state index in [2.05, 4.69) is 0 Å². The molecule has 0 aliphatic rings. The van der Waals surface area contributed by atoms with Crippen molar-refractivity contribution in [2.45, 2.75) is 31.2 Å². The number of hydrogen-bond donors (Lipinski definition) is 7. The zero-order valence-electron chi connectivity index (χ0n) is 13.6. The Hall–Kier alpha value is 0.140. The molecule has 0 rings (SSSR count). The van der Waals surface area contributed by atoms with Crippen molar-refractivity contribution >= 4 is 15.2 Å². The molecular weight excluding hydrogens is 364 g/mol. The summed E-state index contributed by atoms with van der Waals surface area (Å²) in [6.07, 6.45) is 0.687. The van der Waals surface area contributed by atoms with Crippen molar-refractivity contribution < 1.29 is 44.0 Å². The molecule has 24 heavy (non-hydrogen) atoms. The predicted molar refractivity (Wildman–Crippen MR) is 87.9 cm³/mol. The van der Waals surface area contributed by atoms with Crippen LogP contribution in [0.15, 0.2) is 0 Å². The van der Waals surface area contributed by atoms with Gasteiger partial charge in [0.15, 0.2) is 0 Å². The first-order valence-corrected chi connectivity index (χ1v) is 11.3. The van der Waals surface area contributed by atoms with Crippen LogP contribution in [0.1, 0.15) is 25.7 Å². The number of unbranched alkanes of at least 4 members (excludes halogenated alkanes) is 2. The third kappa shape index (κ3) is 10.2. The molecule has 12 heteroatoms. The van der Waals surface area contributed by atoms with Gasteiger partial charge in [-0.3, -0.25) is 14.0 Å². The molecule has 0 aromatic carbocycles. The van der Waals surface area contributed by atoms with Crippen molar-refractivity contribution in [2.24, 2.45) is 0 Å². The Labute approximate surface area is 141 Å². The molecule has 0 heterocycles. The highest BCUT2D eigenvalue weighted by Gasteiger charge is 2.34. The van der Waals surface area contributed by atoms with Crippen LogP contribution in [0.5, 0.6) is 0 Å². The Morgan fingerprint density at radius 3 is 1.25 bits per heavy atom. The van der Waals surface area contributed by atoms with E-state index >= 15 is 0 Å². The van der Waals surface area contributed by atoms with Gasteiger partial charge in [-0.25, -0.2) is 0 Å². The number of rotatable bonds is 14. The van der Waals surface area contributed by atoms with Crippen LogP contribution in [-0.2, 0) is 9.13 Å². The quantitative estimate of drug-likeness (QED) is 0.142. The van der Waals surface area contributed by atoms with E-state index in [-0.39, 0.29) is 38.3 Å². The molecule has 0 atom stereocenters. The molecule has 146 valence electrons. The van der Waals surface area contributed by atoms with Gasteiger partial charge in [0.25, 0.3) is 0 Å². The third-order valence-corrected chi connectivity index (χ3v) is 5.61. The lowest BCUT2D eigenvalue weighted by Crippen LogP contribution is -2.57. The van der Waals surface area contributed by atoms with Gasteiger partial charge in [0.1, 0.15) is 0 Å². The first-order chi connectivity index (χ1) is 11.0. The van der Waals surface area contributed by atoms with E-state index in [1.807, 2.05) is 0 Å².